The first-order valence-corrected chi connectivity index (χ1v) is 18.4. The molecule has 3 amide bonds. The van der Waals surface area contributed by atoms with Gasteiger partial charge in [0.05, 0.1) is 37.4 Å². The van der Waals surface area contributed by atoms with Crippen LogP contribution in [0.15, 0.2) is 120 Å². The number of nitrogens with one attached hydrogen (secondary N) is 3. The number of carbonyl (C=O) groups is 3. The topological polar surface area (TPSA) is 172 Å². The number of oxazole rings is 1. The Kier molecular flexibility index (Phi) is 10.2. The largest absolute Gasteiger partial charge is 0.453 e. The maximum Gasteiger partial charge on any atom is 0.410 e. The fourth-order valence-corrected chi connectivity index (χ4v) is 7.26. The number of imidazole rings is 2. The molecule has 14 heteroatoms. The zero-order valence-corrected chi connectivity index (χ0v) is 30.7. The summed E-state index contributed by atoms with van der Waals surface area (Å²) in [5.41, 5.74) is 5.53. The van der Waals surface area contributed by atoms with Gasteiger partial charge >= 0.3 is 12.2 Å². The Bertz CT molecular complexity index is 2330. The molecule has 3 atom stereocenters. The van der Waals surface area contributed by atoms with Gasteiger partial charge in [-0.25, -0.2) is 24.5 Å². The molecular formula is C42H40N8O6. The fraction of sp³-hybridized carbons (Fsp3) is 0.238. The van der Waals surface area contributed by atoms with Crippen LogP contribution in [-0.4, -0.2) is 73.0 Å². The number of alkyl carbamates (subject to hydrolysis) is 1. The molecule has 5 heterocycles. The second kappa shape index (κ2) is 15.8. The van der Waals surface area contributed by atoms with Crippen LogP contribution in [0.5, 0.6) is 0 Å². The lowest BCUT2D eigenvalue weighted by Gasteiger charge is -2.28. The van der Waals surface area contributed by atoms with Crippen molar-refractivity contribution >= 4 is 18.1 Å². The van der Waals surface area contributed by atoms with Gasteiger partial charge in [-0.05, 0) is 41.5 Å². The van der Waals surface area contributed by atoms with Crippen LogP contribution in [0, 0.1) is 0 Å². The van der Waals surface area contributed by atoms with Crippen LogP contribution in [0.2, 0.25) is 0 Å². The highest BCUT2D eigenvalue weighted by molar-refractivity contribution is 5.87. The third-order valence-electron chi connectivity index (χ3n) is 10.2. The van der Waals surface area contributed by atoms with Gasteiger partial charge in [-0.1, -0.05) is 91.5 Å². The minimum Gasteiger partial charge on any atom is -0.453 e. The monoisotopic (exact) mass is 752 g/mol. The summed E-state index contributed by atoms with van der Waals surface area (Å²) in [4.78, 5) is 63.0. The van der Waals surface area contributed by atoms with Gasteiger partial charge in [0, 0.05) is 18.7 Å². The van der Waals surface area contributed by atoms with Gasteiger partial charge in [0.25, 0.3) is 5.91 Å². The van der Waals surface area contributed by atoms with Crippen LogP contribution in [0.3, 0.4) is 0 Å². The molecule has 8 rings (SSSR count). The molecule has 56 heavy (non-hydrogen) atoms. The number of hydrogen-bond donors (Lipinski definition) is 3. The molecule has 2 aliphatic heterocycles. The first-order valence-electron chi connectivity index (χ1n) is 18.4. The minimum atomic E-state index is -0.892. The van der Waals surface area contributed by atoms with Gasteiger partial charge in [-0.3, -0.25) is 9.69 Å². The van der Waals surface area contributed by atoms with Gasteiger partial charge in [0.1, 0.15) is 36.0 Å². The second-order valence-electron chi connectivity index (χ2n) is 13.7. The predicted molar refractivity (Wildman–Crippen MR) is 205 cm³/mol. The van der Waals surface area contributed by atoms with E-state index in [-0.39, 0.29) is 18.6 Å². The quantitative estimate of drug-likeness (QED) is 0.120. The Morgan fingerprint density at radius 2 is 1.55 bits per heavy atom. The third-order valence-corrected chi connectivity index (χ3v) is 10.2. The van der Waals surface area contributed by atoms with E-state index >= 15 is 0 Å². The number of aromatic amines is 2. The predicted octanol–water partition coefficient (Wildman–Crippen LogP) is 7.52. The third kappa shape index (κ3) is 7.40. The molecule has 0 radical (unpaired) electrons. The first kappa shape index (κ1) is 36.0. The van der Waals surface area contributed by atoms with E-state index in [1.165, 1.54) is 7.11 Å². The lowest BCUT2D eigenvalue weighted by molar-refractivity contribution is -0.134. The number of hydrogen-bond acceptors (Lipinski definition) is 9. The number of aromatic nitrogens is 5. The van der Waals surface area contributed by atoms with E-state index in [1.807, 2.05) is 84.9 Å². The van der Waals surface area contributed by atoms with E-state index in [4.69, 9.17) is 13.9 Å². The lowest BCUT2D eigenvalue weighted by Crippen LogP contribution is -2.42. The van der Waals surface area contributed by atoms with Crippen LogP contribution in [-0.2, 0) is 20.9 Å². The lowest BCUT2D eigenvalue weighted by atomic mass is 10.1. The molecule has 3 aromatic heterocycles. The SMILES string of the molecule is C=C1CCN(C(=O)OCc2ccccc2)C1c1ncc(-c2ncc(-c3ccc(-c4cnc(C5CCCN5C(=O)C(NC(=O)OC)c5ccccc5)[nH]4)cc3)o2)[nH]1. The average molecular weight is 753 g/mol. The molecule has 3 N–H and O–H groups in total. The van der Waals surface area contributed by atoms with Gasteiger partial charge in [0.15, 0.2) is 5.76 Å². The molecule has 0 bridgehead atoms. The van der Waals surface area contributed by atoms with Crippen molar-refractivity contribution in [3.63, 3.8) is 0 Å². The van der Waals surface area contributed by atoms with Gasteiger partial charge < -0.3 is 34.1 Å². The number of amides is 3. The molecule has 0 spiro atoms. The van der Waals surface area contributed by atoms with Crippen molar-refractivity contribution in [2.45, 2.75) is 44.0 Å². The zero-order chi connectivity index (χ0) is 38.6. The van der Waals surface area contributed by atoms with Crippen molar-refractivity contribution in [3.8, 4) is 34.2 Å². The van der Waals surface area contributed by atoms with Crippen LogP contribution < -0.4 is 5.32 Å². The Morgan fingerprint density at radius 3 is 2.32 bits per heavy atom. The number of benzene rings is 3. The minimum absolute atomic E-state index is 0.179. The molecule has 14 nitrogen and oxygen atoms in total. The van der Waals surface area contributed by atoms with Crippen molar-refractivity contribution in [1.82, 2.24) is 40.0 Å². The highest BCUT2D eigenvalue weighted by Gasteiger charge is 2.38. The van der Waals surface area contributed by atoms with Crippen molar-refractivity contribution < 1.29 is 28.3 Å². The van der Waals surface area contributed by atoms with Crippen LogP contribution in [0.4, 0.5) is 9.59 Å². The number of nitrogens with zero attached hydrogens (tertiary/aromatic N) is 5. The summed E-state index contributed by atoms with van der Waals surface area (Å²) in [7, 11) is 1.27. The molecule has 3 unspecified atom stereocenters. The molecule has 284 valence electrons. The first-order chi connectivity index (χ1) is 27.4. The maximum atomic E-state index is 13.9. The summed E-state index contributed by atoms with van der Waals surface area (Å²) in [5, 5.41) is 2.70. The smallest absolute Gasteiger partial charge is 0.410 e. The number of ether oxygens (including phenoxy) is 2. The van der Waals surface area contributed by atoms with E-state index < -0.39 is 24.3 Å². The van der Waals surface area contributed by atoms with Gasteiger partial charge in [0.2, 0.25) is 5.89 Å². The normalized spacial score (nSPS) is 17.2. The number of rotatable bonds is 10. The van der Waals surface area contributed by atoms with E-state index in [0.29, 0.717) is 54.1 Å². The molecule has 2 aliphatic rings. The number of carbonyl (C=O) groups excluding carboxylic acids is 3. The van der Waals surface area contributed by atoms with Crippen LogP contribution in [0.1, 0.15) is 60.2 Å². The van der Waals surface area contributed by atoms with E-state index in [0.717, 1.165) is 40.8 Å². The summed E-state index contributed by atoms with van der Waals surface area (Å²) in [6, 6.07) is 24.9. The Morgan fingerprint density at radius 1 is 0.857 bits per heavy atom. The highest BCUT2D eigenvalue weighted by Crippen LogP contribution is 2.37. The molecule has 0 saturated carbocycles. The Hall–Kier alpha value is -6.96. The van der Waals surface area contributed by atoms with Crippen LogP contribution in [0.25, 0.3) is 34.2 Å². The Labute approximate surface area is 322 Å². The van der Waals surface area contributed by atoms with Crippen molar-refractivity contribution in [2.24, 2.45) is 0 Å². The molecule has 6 aromatic rings. The van der Waals surface area contributed by atoms with Crippen molar-refractivity contribution in [3.05, 3.63) is 138 Å². The molecule has 3 aromatic carbocycles. The molecule has 2 fully saturated rings. The van der Waals surface area contributed by atoms with Gasteiger partial charge in [-0.2, -0.15) is 0 Å². The maximum absolute atomic E-state index is 13.9. The number of methoxy groups -OCH3 is 1. The van der Waals surface area contributed by atoms with Gasteiger partial charge in [-0.15, -0.1) is 0 Å². The van der Waals surface area contributed by atoms with E-state index in [9.17, 15) is 14.4 Å². The molecular weight excluding hydrogens is 713 g/mol. The summed E-state index contributed by atoms with van der Waals surface area (Å²) >= 11 is 0. The molecule has 0 aliphatic carbocycles. The van der Waals surface area contributed by atoms with Crippen molar-refractivity contribution in [2.75, 3.05) is 20.2 Å². The van der Waals surface area contributed by atoms with Crippen LogP contribution >= 0.6 is 0 Å². The average Bonchev–Trinajstić information content (AvgIpc) is 4.09. The summed E-state index contributed by atoms with van der Waals surface area (Å²) in [6.07, 6.45) is 6.13. The van der Waals surface area contributed by atoms with Crippen molar-refractivity contribution in [1.29, 1.82) is 0 Å². The highest BCUT2D eigenvalue weighted by atomic mass is 16.6. The molecule has 2 saturated heterocycles. The number of likely N-dealkylation sites (tertiary alicyclic amines) is 2. The van der Waals surface area contributed by atoms with E-state index in [2.05, 4.69) is 36.8 Å². The Balaban J connectivity index is 0.930. The zero-order valence-electron chi connectivity index (χ0n) is 30.7. The fourth-order valence-electron chi connectivity index (χ4n) is 7.26. The number of H-pyrrole nitrogens is 2. The summed E-state index contributed by atoms with van der Waals surface area (Å²) in [5.74, 6) is 1.93. The van der Waals surface area contributed by atoms with E-state index in [1.54, 1.807) is 28.4 Å². The standard InChI is InChI=1S/C42H40N8O6/c1-26-19-21-50(42(53)55-25-27-10-5-3-6-11-27)36(26)38-44-23-32(47-38)39-45-24-34(56-39)29-17-15-28(16-18-29)31-22-43-37(46-31)33-14-9-20-49(33)40(51)35(48-41(52)54-2)30-12-7-4-8-13-30/h3-8,10-13,15-18,22-24,33,35-36H,1,9,14,19-21,25H2,2H3,(H,43,46)(H,44,47)(H,48,52). The summed E-state index contributed by atoms with van der Waals surface area (Å²) in [6.45, 7) is 5.39. The summed E-state index contributed by atoms with van der Waals surface area (Å²) < 4.78 is 16.6. The second-order valence-corrected chi connectivity index (χ2v) is 13.7.